The molecule has 0 unspecified atom stereocenters. The van der Waals surface area contributed by atoms with Crippen LogP contribution in [-0.2, 0) is 14.6 Å². The van der Waals surface area contributed by atoms with Gasteiger partial charge in [0.1, 0.15) is 5.75 Å². The van der Waals surface area contributed by atoms with Crippen LogP contribution in [0.3, 0.4) is 0 Å². The van der Waals surface area contributed by atoms with Gasteiger partial charge in [-0.25, -0.2) is 8.42 Å². The molecule has 2 aromatic carbocycles. The Morgan fingerprint density at radius 3 is 2.57 bits per heavy atom. The van der Waals surface area contributed by atoms with Gasteiger partial charge >= 0.3 is 0 Å². The second-order valence-corrected chi connectivity index (χ2v) is 11.1. The molecule has 2 aromatic rings. The zero-order valence-electron chi connectivity index (χ0n) is 16.9. The SMILES string of the molecule is CC(C)c1ccccc1N1C(=NC(=O)COc2ccccc2)S[C@H]2CS(=O)(=O)C[C@@H]21. The number of carbonyl (C=O) groups is 1. The summed E-state index contributed by atoms with van der Waals surface area (Å²) >= 11 is 1.38. The number of para-hydroxylation sites is 2. The lowest BCUT2D eigenvalue weighted by Gasteiger charge is -2.28. The lowest BCUT2D eigenvalue weighted by atomic mass is 9.99. The summed E-state index contributed by atoms with van der Waals surface area (Å²) in [4.78, 5) is 18.8. The van der Waals surface area contributed by atoms with Crippen molar-refractivity contribution in [2.75, 3.05) is 23.0 Å². The van der Waals surface area contributed by atoms with E-state index in [1.165, 1.54) is 11.8 Å². The van der Waals surface area contributed by atoms with Crippen LogP contribution in [0.2, 0.25) is 0 Å². The van der Waals surface area contributed by atoms with Crippen LogP contribution in [-0.4, -0.2) is 48.9 Å². The van der Waals surface area contributed by atoms with Crippen LogP contribution < -0.4 is 9.64 Å². The minimum atomic E-state index is -3.10. The van der Waals surface area contributed by atoms with Crippen LogP contribution in [0.4, 0.5) is 5.69 Å². The van der Waals surface area contributed by atoms with Gasteiger partial charge in [-0.3, -0.25) is 4.79 Å². The summed E-state index contributed by atoms with van der Waals surface area (Å²) in [6, 6.07) is 16.8. The number of hydrogen-bond acceptors (Lipinski definition) is 5. The molecule has 2 aliphatic heterocycles. The number of carbonyl (C=O) groups excluding carboxylic acids is 1. The third kappa shape index (κ3) is 4.39. The first-order chi connectivity index (χ1) is 14.3. The normalized spacial score (nSPS) is 23.7. The molecule has 2 aliphatic rings. The number of rotatable bonds is 5. The topological polar surface area (TPSA) is 76.0 Å². The van der Waals surface area contributed by atoms with Gasteiger partial charge in [-0.1, -0.05) is 62.0 Å². The highest BCUT2D eigenvalue weighted by molar-refractivity contribution is 8.16. The third-order valence-electron chi connectivity index (χ3n) is 5.21. The molecule has 2 atom stereocenters. The molecule has 0 spiro atoms. The van der Waals surface area contributed by atoms with Crippen molar-refractivity contribution in [3.8, 4) is 5.75 Å². The molecule has 0 saturated carbocycles. The van der Waals surface area contributed by atoms with Gasteiger partial charge in [0.15, 0.2) is 21.6 Å². The molecule has 0 radical (unpaired) electrons. The van der Waals surface area contributed by atoms with Crippen molar-refractivity contribution in [3.05, 3.63) is 60.2 Å². The maximum absolute atomic E-state index is 12.5. The molecule has 0 aliphatic carbocycles. The van der Waals surface area contributed by atoms with Gasteiger partial charge in [0, 0.05) is 10.9 Å². The molecule has 0 N–H and O–H groups in total. The summed E-state index contributed by atoms with van der Waals surface area (Å²) in [7, 11) is -3.10. The summed E-state index contributed by atoms with van der Waals surface area (Å²) in [5, 5.41) is 0.423. The first-order valence-electron chi connectivity index (χ1n) is 9.88. The molecule has 2 saturated heterocycles. The minimum absolute atomic E-state index is 0.0742. The number of ether oxygens (including phenoxy) is 1. The van der Waals surface area contributed by atoms with Crippen LogP contribution in [0.5, 0.6) is 5.75 Å². The summed E-state index contributed by atoms with van der Waals surface area (Å²) < 4.78 is 30.1. The standard InChI is InChI=1S/C22H24N2O4S2/c1-15(2)17-10-6-7-11-18(17)24-19-13-30(26,27)14-20(19)29-22(24)23-21(25)12-28-16-8-4-3-5-9-16/h3-11,15,19-20H,12-14H2,1-2H3/t19-,20-/m0/s1. The molecule has 30 heavy (non-hydrogen) atoms. The highest BCUT2D eigenvalue weighted by Crippen LogP contribution is 2.43. The van der Waals surface area contributed by atoms with Crippen LogP contribution in [0.1, 0.15) is 25.3 Å². The molecular formula is C22H24N2O4S2. The van der Waals surface area contributed by atoms with Crippen molar-refractivity contribution in [2.24, 2.45) is 4.99 Å². The second kappa shape index (κ2) is 8.43. The van der Waals surface area contributed by atoms with Crippen LogP contribution in [0.25, 0.3) is 0 Å². The Labute approximate surface area is 181 Å². The average Bonchev–Trinajstić information content (AvgIpc) is 3.17. The minimum Gasteiger partial charge on any atom is -0.484 e. The zero-order chi connectivity index (χ0) is 21.3. The summed E-state index contributed by atoms with van der Waals surface area (Å²) in [5.41, 5.74) is 2.02. The predicted octanol–water partition coefficient (Wildman–Crippen LogP) is 3.49. The van der Waals surface area contributed by atoms with Crippen molar-refractivity contribution in [1.82, 2.24) is 0 Å². The fourth-order valence-electron chi connectivity index (χ4n) is 3.84. The highest BCUT2D eigenvalue weighted by atomic mass is 32.2. The number of anilines is 1. The number of thioether (sulfide) groups is 1. The van der Waals surface area contributed by atoms with E-state index in [9.17, 15) is 13.2 Å². The Balaban J connectivity index is 1.63. The second-order valence-electron chi connectivity index (χ2n) is 7.77. The number of amides is 1. The number of fused-ring (bicyclic) bond motifs is 1. The van der Waals surface area contributed by atoms with Crippen molar-refractivity contribution in [2.45, 2.75) is 31.1 Å². The van der Waals surface area contributed by atoms with E-state index in [0.717, 1.165) is 11.3 Å². The van der Waals surface area contributed by atoms with Crippen molar-refractivity contribution < 1.29 is 17.9 Å². The molecule has 1 amide bonds. The highest BCUT2D eigenvalue weighted by Gasteiger charge is 2.49. The monoisotopic (exact) mass is 444 g/mol. The molecule has 0 bridgehead atoms. The number of amidine groups is 1. The summed E-state index contributed by atoms with van der Waals surface area (Å²) in [6.07, 6.45) is 0. The maximum atomic E-state index is 12.5. The summed E-state index contributed by atoms with van der Waals surface area (Å²) in [6.45, 7) is 4.03. The Morgan fingerprint density at radius 1 is 1.13 bits per heavy atom. The Bertz CT molecular complexity index is 1070. The molecule has 158 valence electrons. The first kappa shape index (κ1) is 20.9. The Morgan fingerprint density at radius 2 is 1.83 bits per heavy atom. The van der Waals surface area contributed by atoms with Crippen molar-refractivity contribution >= 4 is 38.4 Å². The molecule has 2 heterocycles. The fourth-order valence-corrected chi connectivity index (χ4v) is 7.77. The van der Waals surface area contributed by atoms with Gasteiger partial charge in [0.05, 0.1) is 17.5 Å². The van der Waals surface area contributed by atoms with E-state index in [0.29, 0.717) is 10.9 Å². The van der Waals surface area contributed by atoms with Gasteiger partial charge < -0.3 is 9.64 Å². The lowest BCUT2D eigenvalue weighted by molar-refractivity contribution is -0.119. The Kier molecular flexibility index (Phi) is 5.88. The number of aliphatic imine (C=N–C) groups is 1. The fraction of sp³-hybridized carbons (Fsp3) is 0.364. The van der Waals surface area contributed by atoms with Crippen LogP contribution >= 0.6 is 11.8 Å². The van der Waals surface area contributed by atoms with E-state index in [-0.39, 0.29) is 35.3 Å². The van der Waals surface area contributed by atoms with E-state index < -0.39 is 15.7 Å². The van der Waals surface area contributed by atoms with Gasteiger partial charge in [0.25, 0.3) is 5.91 Å². The summed E-state index contributed by atoms with van der Waals surface area (Å²) in [5.74, 6) is 0.647. The number of benzene rings is 2. The predicted molar refractivity (Wildman–Crippen MR) is 121 cm³/mol. The van der Waals surface area contributed by atoms with Crippen molar-refractivity contribution in [3.63, 3.8) is 0 Å². The molecule has 0 aromatic heterocycles. The molecule has 2 fully saturated rings. The first-order valence-corrected chi connectivity index (χ1v) is 12.6. The van der Waals surface area contributed by atoms with Gasteiger partial charge in [0.2, 0.25) is 0 Å². The van der Waals surface area contributed by atoms with E-state index in [2.05, 4.69) is 18.8 Å². The maximum Gasteiger partial charge on any atom is 0.285 e. The van der Waals surface area contributed by atoms with E-state index in [1.54, 1.807) is 12.1 Å². The van der Waals surface area contributed by atoms with E-state index in [4.69, 9.17) is 4.74 Å². The quantitative estimate of drug-likeness (QED) is 0.703. The number of hydrogen-bond donors (Lipinski definition) is 0. The largest absolute Gasteiger partial charge is 0.484 e. The lowest BCUT2D eigenvalue weighted by Crippen LogP contribution is -2.38. The van der Waals surface area contributed by atoms with Gasteiger partial charge in [-0.15, -0.1) is 0 Å². The molecule has 4 rings (SSSR count). The Hall–Kier alpha value is -2.32. The van der Waals surface area contributed by atoms with Crippen LogP contribution in [0, 0.1) is 0 Å². The van der Waals surface area contributed by atoms with Crippen molar-refractivity contribution in [1.29, 1.82) is 0 Å². The average molecular weight is 445 g/mol. The molecule has 6 nitrogen and oxygen atoms in total. The molecule has 8 heteroatoms. The van der Waals surface area contributed by atoms with E-state index >= 15 is 0 Å². The van der Waals surface area contributed by atoms with Crippen LogP contribution in [0.15, 0.2) is 59.6 Å². The number of nitrogens with zero attached hydrogens (tertiary/aromatic N) is 2. The van der Waals surface area contributed by atoms with Gasteiger partial charge in [-0.2, -0.15) is 4.99 Å². The van der Waals surface area contributed by atoms with Gasteiger partial charge in [-0.05, 0) is 29.7 Å². The molecular weight excluding hydrogens is 420 g/mol. The third-order valence-corrected chi connectivity index (χ3v) is 8.42. The van der Waals surface area contributed by atoms with E-state index in [1.807, 2.05) is 47.4 Å². The zero-order valence-corrected chi connectivity index (χ0v) is 18.5. The number of sulfone groups is 1. The smallest absolute Gasteiger partial charge is 0.285 e.